The van der Waals surface area contributed by atoms with Crippen LogP contribution in [0, 0.1) is 0 Å². The van der Waals surface area contributed by atoms with Crippen molar-refractivity contribution in [1.82, 2.24) is 9.97 Å². The summed E-state index contributed by atoms with van der Waals surface area (Å²) in [6.45, 7) is 2.61. The van der Waals surface area contributed by atoms with Crippen LogP contribution in [0.25, 0.3) is 11.0 Å². The van der Waals surface area contributed by atoms with E-state index in [0.29, 0.717) is 18.2 Å². The highest BCUT2D eigenvalue weighted by atomic mass is 16.5. The molecular weight excluding hydrogens is 244 g/mol. The van der Waals surface area contributed by atoms with E-state index in [9.17, 15) is 4.79 Å². The molecule has 0 spiro atoms. The van der Waals surface area contributed by atoms with Gasteiger partial charge in [0.2, 0.25) is 0 Å². The Kier molecular flexibility index (Phi) is 3.79. The van der Waals surface area contributed by atoms with Crippen LogP contribution in [0.5, 0.6) is 0 Å². The van der Waals surface area contributed by atoms with Crippen LogP contribution in [0.3, 0.4) is 0 Å². The first-order valence-electron chi connectivity index (χ1n) is 5.99. The Bertz CT molecular complexity index is 600. The first-order valence-corrected chi connectivity index (χ1v) is 5.99. The predicted octanol–water partition coefficient (Wildman–Crippen LogP) is 1.21. The number of methoxy groups -OCH3 is 1. The van der Waals surface area contributed by atoms with Crippen LogP contribution in [-0.4, -0.2) is 36.1 Å². The lowest BCUT2D eigenvalue weighted by Crippen LogP contribution is -2.31. The summed E-state index contributed by atoms with van der Waals surface area (Å²) in [7, 11) is 1.35. The third kappa shape index (κ3) is 2.73. The van der Waals surface area contributed by atoms with Gasteiger partial charge in [0.25, 0.3) is 0 Å². The van der Waals surface area contributed by atoms with Crippen LogP contribution in [0.2, 0.25) is 0 Å². The molecule has 0 saturated carbocycles. The highest BCUT2D eigenvalue weighted by molar-refractivity contribution is 5.82. The molecule has 6 heteroatoms. The summed E-state index contributed by atoms with van der Waals surface area (Å²) in [5.41, 5.74) is 7.39. The van der Waals surface area contributed by atoms with E-state index in [-0.39, 0.29) is 12.5 Å². The molecule has 0 fully saturated rings. The van der Waals surface area contributed by atoms with Gasteiger partial charge in [0.05, 0.1) is 18.1 Å². The van der Waals surface area contributed by atoms with Gasteiger partial charge in [-0.05, 0) is 19.1 Å². The number of para-hydroxylation sites is 2. The molecule has 2 N–H and O–H groups in total. The van der Waals surface area contributed by atoms with E-state index in [0.717, 1.165) is 11.0 Å². The van der Waals surface area contributed by atoms with Crippen LogP contribution in [0.1, 0.15) is 6.92 Å². The van der Waals surface area contributed by atoms with Gasteiger partial charge in [-0.3, -0.25) is 4.79 Å². The minimum absolute atomic E-state index is 0.101. The number of benzene rings is 1. The largest absolute Gasteiger partial charge is 0.468 e. The summed E-state index contributed by atoms with van der Waals surface area (Å²) in [6.07, 6.45) is 0. The number of nitrogens with two attached hydrogens (primary N) is 1. The van der Waals surface area contributed by atoms with E-state index in [1.807, 2.05) is 31.2 Å². The average molecular weight is 260 g/mol. The molecule has 0 bridgehead atoms. The zero-order chi connectivity index (χ0) is 13.8. The smallest absolute Gasteiger partial charge is 0.325 e. The number of carbonyl (C=O) groups excluding carboxylic acids is 1. The lowest BCUT2D eigenvalue weighted by molar-refractivity contribution is -0.138. The van der Waals surface area contributed by atoms with E-state index in [4.69, 9.17) is 5.73 Å². The van der Waals surface area contributed by atoms with Crippen molar-refractivity contribution in [2.75, 3.05) is 30.8 Å². The summed E-state index contributed by atoms with van der Waals surface area (Å²) < 4.78 is 4.66. The Balaban J connectivity index is 2.41. The van der Waals surface area contributed by atoms with Crippen molar-refractivity contribution in [2.24, 2.45) is 0 Å². The van der Waals surface area contributed by atoms with Crippen molar-refractivity contribution in [3.05, 3.63) is 24.3 Å². The summed E-state index contributed by atoms with van der Waals surface area (Å²) in [5.74, 6) is 0.479. The molecule has 0 aliphatic heterocycles. The molecule has 1 heterocycles. The maximum absolute atomic E-state index is 11.4. The molecular formula is C13H16N4O2. The van der Waals surface area contributed by atoms with E-state index >= 15 is 0 Å². The Morgan fingerprint density at radius 3 is 2.53 bits per heavy atom. The number of nitrogens with zero attached hydrogens (tertiary/aromatic N) is 3. The SMILES string of the molecule is CCN(CC(=O)OC)c1nc2ccccc2nc1N. The number of rotatable bonds is 4. The highest BCUT2D eigenvalue weighted by Crippen LogP contribution is 2.22. The van der Waals surface area contributed by atoms with E-state index in [2.05, 4.69) is 14.7 Å². The summed E-state index contributed by atoms with van der Waals surface area (Å²) in [4.78, 5) is 21.9. The molecule has 6 nitrogen and oxygen atoms in total. The number of esters is 1. The van der Waals surface area contributed by atoms with Gasteiger partial charge in [0.15, 0.2) is 11.6 Å². The van der Waals surface area contributed by atoms with Gasteiger partial charge in [-0.25, -0.2) is 9.97 Å². The molecule has 0 unspecified atom stereocenters. The van der Waals surface area contributed by atoms with Gasteiger partial charge in [-0.1, -0.05) is 12.1 Å². The number of aromatic nitrogens is 2. The minimum atomic E-state index is -0.337. The molecule has 0 saturated heterocycles. The molecule has 0 radical (unpaired) electrons. The van der Waals surface area contributed by atoms with Gasteiger partial charge in [0, 0.05) is 6.54 Å². The molecule has 1 aromatic heterocycles. The third-order valence-corrected chi connectivity index (χ3v) is 2.81. The van der Waals surface area contributed by atoms with Crippen LogP contribution in [0.4, 0.5) is 11.6 Å². The number of ether oxygens (including phenoxy) is 1. The number of anilines is 2. The molecule has 0 amide bonds. The maximum Gasteiger partial charge on any atom is 0.325 e. The number of likely N-dealkylation sites (N-methyl/N-ethyl adjacent to an activating group) is 1. The van der Waals surface area contributed by atoms with Crippen molar-refractivity contribution in [2.45, 2.75) is 6.92 Å². The fraction of sp³-hybridized carbons (Fsp3) is 0.308. The van der Waals surface area contributed by atoms with Crippen molar-refractivity contribution < 1.29 is 9.53 Å². The van der Waals surface area contributed by atoms with Crippen LogP contribution >= 0.6 is 0 Å². The number of fused-ring (bicyclic) bond motifs is 1. The van der Waals surface area contributed by atoms with Crippen LogP contribution in [-0.2, 0) is 9.53 Å². The van der Waals surface area contributed by atoms with Crippen molar-refractivity contribution >= 4 is 28.6 Å². The van der Waals surface area contributed by atoms with Crippen molar-refractivity contribution in [1.29, 1.82) is 0 Å². The fourth-order valence-electron chi connectivity index (χ4n) is 1.79. The Labute approximate surface area is 111 Å². The van der Waals surface area contributed by atoms with E-state index in [1.165, 1.54) is 7.11 Å². The lowest BCUT2D eigenvalue weighted by Gasteiger charge is -2.21. The zero-order valence-electron chi connectivity index (χ0n) is 11.0. The molecule has 2 rings (SSSR count). The lowest BCUT2D eigenvalue weighted by atomic mass is 10.3. The Hall–Kier alpha value is -2.37. The van der Waals surface area contributed by atoms with Crippen LogP contribution in [0.15, 0.2) is 24.3 Å². The third-order valence-electron chi connectivity index (χ3n) is 2.81. The standard InChI is InChI=1S/C13H16N4O2/c1-3-17(8-11(18)19-2)13-12(14)15-9-6-4-5-7-10(9)16-13/h4-7H,3,8H2,1-2H3,(H2,14,15). The second-order valence-electron chi connectivity index (χ2n) is 4.01. The average Bonchev–Trinajstić information content (AvgIpc) is 2.44. The minimum Gasteiger partial charge on any atom is -0.468 e. The molecule has 2 aromatic rings. The summed E-state index contributed by atoms with van der Waals surface area (Å²) >= 11 is 0. The monoisotopic (exact) mass is 260 g/mol. The molecule has 19 heavy (non-hydrogen) atoms. The molecule has 100 valence electrons. The molecule has 0 aliphatic carbocycles. The highest BCUT2D eigenvalue weighted by Gasteiger charge is 2.16. The Morgan fingerprint density at radius 2 is 1.95 bits per heavy atom. The van der Waals surface area contributed by atoms with Crippen molar-refractivity contribution in [3.8, 4) is 0 Å². The first-order chi connectivity index (χ1) is 9.15. The number of nitrogen functional groups attached to an aromatic ring is 1. The van der Waals surface area contributed by atoms with Crippen LogP contribution < -0.4 is 10.6 Å². The second-order valence-corrected chi connectivity index (χ2v) is 4.01. The maximum atomic E-state index is 11.4. The van der Waals surface area contributed by atoms with E-state index in [1.54, 1.807) is 4.90 Å². The quantitative estimate of drug-likeness (QED) is 0.832. The topological polar surface area (TPSA) is 81.3 Å². The van der Waals surface area contributed by atoms with Gasteiger partial charge in [-0.15, -0.1) is 0 Å². The Morgan fingerprint density at radius 1 is 1.32 bits per heavy atom. The fourth-order valence-corrected chi connectivity index (χ4v) is 1.79. The molecule has 0 atom stereocenters. The number of hydrogen-bond donors (Lipinski definition) is 1. The van der Waals surface area contributed by atoms with Gasteiger partial charge in [-0.2, -0.15) is 0 Å². The van der Waals surface area contributed by atoms with Gasteiger partial charge in [0.1, 0.15) is 6.54 Å². The normalized spacial score (nSPS) is 10.4. The van der Waals surface area contributed by atoms with Crippen molar-refractivity contribution in [3.63, 3.8) is 0 Å². The first kappa shape index (κ1) is 13.1. The summed E-state index contributed by atoms with van der Waals surface area (Å²) in [5, 5.41) is 0. The second kappa shape index (κ2) is 5.51. The van der Waals surface area contributed by atoms with Gasteiger partial charge >= 0.3 is 5.97 Å². The molecule has 0 aliphatic rings. The number of hydrogen-bond acceptors (Lipinski definition) is 6. The van der Waals surface area contributed by atoms with E-state index < -0.39 is 0 Å². The van der Waals surface area contributed by atoms with Gasteiger partial charge < -0.3 is 15.4 Å². The predicted molar refractivity (Wildman–Crippen MR) is 73.9 cm³/mol. The summed E-state index contributed by atoms with van der Waals surface area (Å²) in [6, 6.07) is 7.46. The molecule has 1 aromatic carbocycles. The zero-order valence-corrected chi connectivity index (χ0v) is 11.0. The number of carbonyl (C=O) groups is 1.